The lowest BCUT2D eigenvalue weighted by molar-refractivity contribution is 0.133. The number of hydrogen-bond acceptors (Lipinski definition) is 3. The minimum Gasteiger partial charge on any atom is -0.467 e. The van der Waals surface area contributed by atoms with Gasteiger partial charge in [-0.3, -0.25) is 0 Å². The Bertz CT molecular complexity index is 205. The van der Waals surface area contributed by atoms with Crippen molar-refractivity contribution >= 4 is 0 Å². The molecule has 1 aromatic rings. The van der Waals surface area contributed by atoms with Crippen LogP contribution in [0.3, 0.4) is 0 Å². The molecule has 0 fully saturated rings. The van der Waals surface area contributed by atoms with Crippen LogP contribution in [0.15, 0.2) is 16.7 Å². The molecule has 11 heavy (non-hydrogen) atoms. The van der Waals surface area contributed by atoms with Crippen molar-refractivity contribution in [1.82, 2.24) is 0 Å². The molecule has 0 spiro atoms. The average molecular weight is 156 g/mol. The highest BCUT2D eigenvalue weighted by atomic mass is 16.5. The van der Waals surface area contributed by atoms with Crippen LogP contribution in [-0.2, 0) is 18.0 Å². The van der Waals surface area contributed by atoms with E-state index in [1.807, 2.05) is 6.92 Å². The number of ether oxygens (including phenoxy) is 1. The molecular formula is C8H12O3. The smallest absolute Gasteiger partial charge is 0.129 e. The van der Waals surface area contributed by atoms with Crippen LogP contribution < -0.4 is 0 Å². The Morgan fingerprint density at radius 2 is 2.45 bits per heavy atom. The predicted molar refractivity (Wildman–Crippen MR) is 40.0 cm³/mol. The first-order valence-corrected chi connectivity index (χ1v) is 3.61. The van der Waals surface area contributed by atoms with Gasteiger partial charge in [-0.2, -0.15) is 0 Å². The van der Waals surface area contributed by atoms with E-state index in [2.05, 4.69) is 0 Å². The van der Waals surface area contributed by atoms with Crippen molar-refractivity contribution in [2.45, 2.75) is 20.1 Å². The fourth-order valence-electron chi connectivity index (χ4n) is 0.805. The summed E-state index contributed by atoms with van der Waals surface area (Å²) >= 11 is 0. The first kappa shape index (κ1) is 8.30. The summed E-state index contributed by atoms with van der Waals surface area (Å²) < 4.78 is 10.1. The lowest BCUT2D eigenvalue weighted by Crippen LogP contribution is -1.88. The average Bonchev–Trinajstić information content (AvgIpc) is 2.48. The third-order valence-electron chi connectivity index (χ3n) is 1.34. The van der Waals surface area contributed by atoms with Crippen LogP contribution in [0.25, 0.3) is 0 Å². The molecule has 0 saturated heterocycles. The maximum absolute atomic E-state index is 8.64. The molecule has 1 heterocycles. The van der Waals surface area contributed by atoms with Crippen molar-refractivity contribution in [3.63, 3.8) is 0 Å². The Hall–Kier alpha value is -0.800. The zero-order chi connectivity index (χ0) is 8.10. The van der Waals surface area contributed by atoms with Crippen LogP contribution >= 0.6 is 0 Å². The van der Waals surface area contributed by atoms with E-state index in [4.69, 9.17) is 14.3 Å². The highest BCUT2D eigenvalue weighted by molar-refractivity contribution is 5.10. The van der Waals surface area contributed by atoms with Gasteiger partial charge in [0.05, 0.1) is 12.9 Å². The quantitative estimate of drug-likeness (QED) is 0.714. The standard InChI is InChI=1S/C8H12O3/c1-2-10-5-7-3-8(4-9)11-6-7/h3,6,9H,2,4-5H2,1H3. The van der Waals surface area contributed by atoms with Gasteiger partial charge >= 0.3 is 0 Å². The lowest BCUT2D eigenvalue weighted by atomic mass is 10.3. The minimum atomic E-state index is -0.0495. The van der Waals surface area contributed by atoms with Gasteiger partial charge in [0.15, 0.2) is 0 Å². The van der Waals surface area contributed by atoms with Gasteiger partial charge in [-0.1, -0.05) is 0 Å². The topological polar surface area (TPSA) is 42.6 Å². The van der Waals surface area contributed by atoms with Crippen molar-refractivity contribution in [2.24, 2.45) is 0 Å². The van der Waals surface area contributed by atoms with Crippen molar-refractivity contribution in [2.75, 3.05) is 6.61 Å². The molecule has 0 atom stereocenters. The predicted octanol–water partition coefficient (Wildman–Crippen LogP) is 1.31. The molecule has 3 heteroatoms. The lowest BCUT2D eigenvalue weighted by Gasteiger charge is -1.94. The van der Waals surface area contributed by atoms with Crippen molar-refractivity contribution in [1.29, 1.82) is 0 Å². The Morgan fingerprint density at radius 1 is 1.64 bits per heavy atom. The molecule has 0 aliphatic rings. The van der Waals surface area contributed by atoms with Crippen LogP contribution in [0, 0.1) is 0 Å². The van der Waals surface area contributed by atoms with Gasteiger partial charge in [0.2, 0.25) is 0 Å². The third kappa shape index (κ3) is 2.37. The summed E-state index contributed by atoms with van der Waals surface area (Å²) in [5.41, 5.74) is 0.968. The second-order valence-electron chi connectivity index (χ2n) is 2.22. The van der Waals surface area contributed by atoms with Crippen molar-refractivity contribution < 1.29 is 14.3 Å². The van der Waals surface area contributed by atoms with Crippen LogP contribution in [0.1, 0.15) is 18.2 Å². The third-order valence-corrected chi connectivity index (χ3v) is 1.34. The summed E-state index contributed by atoms with van der Waals surface area (Å²) in [4.78, 5) is 0. The molecular weight excluding hydrogens is 144 g/mol. The molecule has 0 aliphatic carbocycles. The maximum atomic E-state index is 8.64. The molecule has 0 aliphatic heterocycles. The summed E-state index contributed by atoms with van der Waals surface area (Å²) in [6.07, 6.45) is 1.60. The van der Waals surface area contributed by atoms with Gasteiger partial charge < -0.3 is 14.3 Å². The fourth-order valence-corrected chi connectivity index (χ4v) is 0.805. The second kappa shape index (κ2) is 4.16. The molecule has 0 amide bonds. The molecule has 62 valence electrons. The molecule has 0 saturated carbocycles. The molecule has 0 bridgehead atoms. The summed E-state index contributed by atoms with van der Waals surface area (Å²) in [5.74, 6) is 0.583. The zero-order valence-corrected chi connectivity index (χ0v) is 6.54. The number of aliphatic hydroxyl groups excluding tert-OH is 1. The van der Waals surface area contributed by atoms with Crippen LogP contribution in [0.2, 0.25) is 0 Å². The molecule has 0 unspecified atom stereocenters. The highest BCUT2D eigenvalue weighted by Gasteiger charge is 1.98. The Morgan fingerprint density at radius 3 is 3.00 bits per heavy atom. The van der Waals surface area contributed by atoms with Crippen molar-refractivity contribution in [3.05, 3.63) is 23.7 Å². The van der Waals surface area contributed by atoms with Crippen LogP contribution in [0.5, 0.6) is 0 Å². The number of hydrogen-bond donors (Lipinski definition) is 1. The van der Waals surface area contributed by atoms with Gasteiger partial charge in [0.1, 0.15) is 12.4 Å². The molecule has 1 aromatic heterocycles. The number of furan rings is 1. The minimum absolute atomic E-state index is 0.0495. The van der Waals surface area contributed by atoms with E-state index in [0.29, 0.717) is 19.0 Å². The normalized spacial score (nSPS) is 10.4. The van der Waals surface area contributed by atoms with E-state index >= 15 is 0 Å². The molecule has 0 radical (unpaired) electrons. The van der Waals surface area contributed by atoms with Crippen LogP contribution in [0.4, 0.5) is 0 Å². The van der Waals surface area contributed by atoms with E-state index in [9.17, 15) is 0 Å². The summed E-state index contributed by atoms with van der Waals surface area (Å²) in [5, 5.41) is 8.64. The Kier molecular flexibility index (Phi) is 3.14. The van der Waals surface area contributed by atoms with Gasteiger partial charge in [-0.05, 0) is 13.0 Å². The summed E-state index contributed by atoms with van der Waals surface area (Å²) in [6, 6.07) is 1.79. The Labute approximate surface area is 65.6 Å². The van der Waals surface area contributed by atoms with E-state index in [1.54, 1.807) is 12.3 Å². The maximum Gasteiger partial charge on any atom is 0.129 e. The monoisotopic (exact) mass is 156 g/mol. The van der Waals surface area contributed by atoms with E-state index < -0.39 is 0 Å². The SMILES string of the molecule is CCOCc1coc(CO)c1. The molecule has 3 nitrogen and oxygen atoms in total. The van der Waals surface area contributed by atoms with Gasteiger partial charge in [-0.25, -0.2) is 0 Å². The number of rotatable bonds is 4. The summed E-state index contributed by atoms with van der Waals surface area (Å²) in [7, 11) is 0. The zero-order valence-electron chi connectivity index (χ0n) is 6.54. The fraction of sp³-hybridized carbons (Fsp3) is 0.500. The van der Waals surface area contributed by atoms with Gasteiger partial charge in [0.25, 0.3) is 0 Å². The second-order valence-corrected chi connectivity index (χ2v) is 2.22. The summed E-state index contributed by atoms with van der Waals surface area (Å²) in [6.45, 7) is 3.14. The van der Waals surface area contributed by atoms with Gasteiger partial charge in [0, 0.05) is 12.2 Å². The Balaban J connectivity index is 2.44. The highest BCUT2D eigenvalue weighted by Crippen LogP contribution is 2.08. The molecule has 1 rings (SSSR count). The van der Waals surface area contributed by atoms with Gasteiger partial charge in [-0.15, -0.1) is 0 Å². The molecule has 1 N–H and O–H groups in total. The van der Waals surface area contributed by atoms with E-state index in [1.165, 1.54) is 0 Å². The van der Waals surface area contributed by atoms with E-state index in [0.717, 1.165) is 5.56 Å². The number of aliphatic hydroxyl groups is 1. The largest absolute Gasteiger partial charge is 0.467 e. The van der Waals surface area contributed by atoms with Crippen LogP contribution in [-0.4, -0.2) is 11.7 Å². The first-order chi connectivity index (χ1) is 5.36. The first-order valence-electron chi connectivity index (χ1n) is 3.61. The van der Waals surface area contributed by atoms with Crippen molar-refractivity contribution in [3.8, 4) is 0 Å². The molecule has 0 aromatic carbocycles. The van der Waals surface area contributed by atoms with E-state index in [-0.39, 0.29) is 6.61 Å².